The van der Waals surface area contributed by atoms with Gasteiger partial charge in [-0.25, -0.2) is 9.59 Å². The van der Waals surface area contributed by atoms with Crippen LogP contribution in [0.4, 0.5) is 10.5 Å². The Kier molecular flexibility index (Phi) is 8.24. The Hall–Kier alpha value is -3.12. The number of unbranched alkanes of at least 4 members (excludes halogenated alkanes) is 1. The molecule has 0 aromatic heterocycles. The number of hydrogen-bond donors (Lipinski definition) is 1. The minimum Gasteiger partial charge on any atom is -0.478 e. The number of methoxy groups -OCH3 is 1. The van der Waals surface area contributed by atoms with Gasteiger partial charge in [-0.15, -0.1) is 6.58 Å². The van der Waals surface area contributed by atoms with Crippen LogP contribution in [0.25, 0.3) is 0 Å². The number of carbonyl (C=O) groups is 2. The fourth-order valence-electron chi connectivity index (χ4n) is 2.72. The van der Waals surface area contributed by atoms with Gasteiger partial charge in [0.05, 0.1) is 12.2 Å². The van der Waals surface area contributed by atoms with Crippen LogP contribution in [0.1, 0.15) is 34.3 Å². The molecule has 0 radical (unpaired) electrons. The average Bonchev–Trinajstić information content (AvgIpc) is 2.70. The van der Waals surface area contributed by atoms with Gasteiger partial charge in [0.1, 0.15) is 6.61 Å². The second-order valence-corrected chi connectivity index (χ2v) is 6.25. The molecule has 2 aromatic carbocycles. The van der Waals surface area contributed by atoms with Gasteiger partial charge in [-0.2, -0.15) is 0 Å². The lowest BCUT2D eigenvalue weighted by molar-refractivity contribution is 0.0696. The molecular weight excluding hydrogens is 358 g/mol. The van der Waals surface area contributed by atoms with E-state index < -0.39 is 12.1 Å². The van der Waals surface area contributed by atoms with Crippen LogP contribution in [0.15, 0.2) is 61.2 Å². The molecule has 1 N–H and O–H groups in total. The van der Waals surface area contributed by atoms with Crippen molar-refractivity contribution < 1.29 is 24.2 Å². The first-order valence-corrected chi connectivity index (χ1v) is 9.00. The Labute approximate surface area is 165 Å². The third kappa shape index (κ3) is 6.25. The molecule has 2 aromatic rings. The van der Waals surface area contributed by atoms with E-state index in [1.165, 1.54) is 24.1 Å². The van der Waals surface area contributed by atoms with Gasteiger partial charge in [0.25, 0.3) is 0 Å². The lowest BCUT2D eigenvalue weighted by Gasteiger charge is -2.23. The number of nitrogens with zero attached hydrogens (tertiary/aromatic N) is 1. The van der Waals surface area contributed by atoms with Gasteiger partial charge in [-0.1, -0.05) is 36.4 Å². The van der Waals surface area contributed by atoms with Gasteiger partial charge in [0, 0.05) is 19.3 Å². The Morgan fingerprint density at radius 2 is 1.86 bits per heavy atom. The van der Waals surface area contributed by atoms with Crippen LogP contribution in [-0.2, 0) is 22.7 Å². The Morgan fingerprint density at radius 3 is 2.50 bits per heavy atom. The predicted molar refractivity (Wildman–Crippen MR) is 108 cm³/mol. The van der Waals surface area contributed by atoms with Crippen LogP contribution in [0.2, 0.25) is 0 Å². The SMILES string of the molecule is C=CCCCN(C(=O)OCc1ccccc1)c1cc(COC)cc(C(=O)O)c1. The van der Waals surface area contributed by atoms with Crippen LogP contribution in [0.5, 0.6) is 0 Å². The van der Waals surface area contributed by atoms with Gasteiger partial charge in [0.2, 0.25) is 0 Å². The quantitative estimate of drug-likeness (QED) is 0.478. The van der Waals surface area contributed by atoms with Crippen molar-refractivity contribution in [3.63, 3.8) is 0 Å². The first-order chi connectivity index (χ1) is 13.5. The van der Waals surface area contributed by atoms with Crippen LogP contribution in [0.3, 0.4) is 0 Å². The normalized spacial score (nSPS) is 10.3. The van der Waals surface area contributed by atoms with Crippen molar-refractivity contribution in [1.29, 1.82) is 0 Å². The highest BCUT2D eigenvalue weighted by molar-refractivity contribution is 5.93. The van der Waals surface area contributed by atoms with Crippen molar-refractivity contribution in [3.05, 3.63) is 77.9 Å². The molecule has 28 heavy (non-hydrogen) atoms. The third-order valence-electron chi connectivity index (χ3n) is 4.06. The van der Waals surface area contributed by atoms with Crippen molar-refractivity contribution >= 4 is 17.7 Å². The van der Waals surface area contributed by atoms with Crippen LogP contribution >= 0.6 is 0 Å². The topological polar surface area (TPSA) is 76.1 Å². The number of anilines is 1. The van der Waals surface area contributed by atoms with E-state index in [1.54, 1.807) is 12.1 Å². The van der Waals surface area contributed by atoms with E-state index in [0.29, 0.717) is 24.2 Å². The van der Waals surface area contributed by atoms with Crippen LogP contribution in [0, 0.1) is 0 Å². The van der Waals surface area contributed by atoms with E-state index in [9.17, 15) is 14.7 Å². The van der Waals surface area contributed by atoms with E-state index in [0.717, 1.165) is 12.0 Å². The average molecular weight is 383 g/mol. The summed E-state index contributed by atoms with van der Waals surface area (Å²) in [5, 5.41) is 9.40. The summed E-state index contributed by atoms with van der Waals surface area (Å²) in [5.41, 5.74) is 2.10. The summed E-state index contributed by atoms with van der Waals surface area (Å²) in [6, 6.07) is 14.1. The lowest BCUT2D eigenvalue weighted by atomic mass is 10.1. The van der Waals surface area contributed by atoms with Gasteiger partial charge < -0.3 is 14.6 Å². The minimum atomic E-state index is -1.07. The lowest BCUT2D eigenvalue weighted by Crippen LogP contribution is -2.32. The fourth-order valence-corrected chi connectivity index (χ4v) is 2.72. The number of carbonyl (C=O) groups excluding carboxylic acids is 1. The Morgan fingerprint density at radius 1 is 1.11 bits per heavy atom. The zero-order chi connectivity index (χ0) is 20.4. The summed E-state index contributed by atoms with van der Waals surface area (Å²) in [6.45, 7) is 4.47. The van der Waals surface area contributed by atoms with E-state index in [2.05, 4.69) is 6.58 Å². The second-order valence-electron chi connectivity index (χ2n) is 6.25. The number of ether oxygens (including phenoxy) is 2. The molecule has 0 saturated carbocycles. The first kappa shape index (κ1) is 21.2. The molecule has 148 valence electrons. The molecule has 6 heteroatoms. The van der Waals surface area contributed by atoms with Gasteiger partial charge in [-0.05, 0) is 42.2 Å². The van der Waals surface area contributed by atoms with Gasteiger partial charge in [0.15, 0.2) is 0 Å². The van der Waals surface area contributed by atoms with E-state index in [4.69, 9.17) is 9.47 Å². The standard InChI is InChI=1S/C22H25NO5/c1-3-4-8-11-23(22(26)28-16-17-9-6-5-7-10-17)20-13-18(15-27-2)12-19(14-20)21(24)25/h3,5-7,9-10,12-14H,1,4,8,11,15-16H2,2H3,(H,24,25). The number of carboxylic acids is 1. The molecule has 0 atom stereocenters. The number of amides is 1. The number of carboxylic acid groups (broad SMARTS) is 1. The summed E-state index contributed by atoms with van der Waals surface area (Å²) in [7, 11) is 1.53. The predicted octanol–water partition coefficient (Wildman–Crippen LogP) is 4.64. The van der Waals surface area contributed by atoms with Gasteiger partial charge in [-0.3, -0.25) is 4.90 Å². The summed E-state index contributed by atoms with van der Waals surface area (Å²) >= 11 is 0. The molecule has 1 amide bonds. The molecule has 0 heterocycles. The summed E-state index contributed by atoms with van der Waals surface area (Å²) in [5.74, 6) is -1.07. The van der Waals surface area contributed by atoms with Crippen LogP contribution < -0.4 is 4.90 Å². The molecule has 0 aliphatic rings. The molecule has 0 aliphatic carbocycles. The van der Waals surface area contributed by atoms with E-state index in [-0.39, 0.29) is 18.8 Å². The second kappa shape index (κ2) is 10.9. The largest absolute Gasteiger partial charge is 0.478 e. The molecule has 2 rings (SSSR count). The van der Waals surface area contributed by atoms with Crippen molar-refractivity contribution in [2.24, 2.45) is 0 Å². The maximum Gasteiger partial charge on any atom is 0.414 e. The maximum atomic E-state index is 12.8. The highest BCUT2D eigenvalue weighted by Crippen LogP contribution is 2.22. The van der Waals surface area contributed by atoms with E-state index >= 15 is 0 Å². The number of benzene rings is 2. The number of rotatable bonds is 10. The molecule has 0 saturated heterocycles. The Balaban J connectivity index is 2.26. The monoisotopic (exact) mass is 383 g/mol. The zero-order valence-electron chi connectivity index (χ0n) is 16.0. The highest BCUT2D eigenvalue weighted by Gasteiger charge is 2.19. The maximum absolute atomic E-state index is 12.8. The van der Waals surface area contributed by atoms with Crippen molar-refractivity contribution in [1.82, 2.24) is 0 Å². The fraction of sp³-hybridized carbons (Fsp3) is 0.273. The number of aromatic carboxylic acids is 1. The highest BCUT2D eigenvalue weighted by atomic mass is 16.6. The zero-order valence-corrected chi connectivity index (χ0v) is 16.0. The summed E-state index contributed by atoms with van der Waals surface area (Å²) < 4.78 is 10.6. The smallest absolute Gasteiger partial charge is 0.414 e. The Bertz CT molecular complexity index is 804. The van der Waals surface area contributed by atoms with E-state index in [1.807, 2.05) is 30.3 Å². The van der Waals surface area contributed by atoms with Crippen molar-refractivity contribution in [2.45, 2.75) is 26.1 Å². The molecule has 0 spiro atoms. The third-order valence-corrected chi connectivity index (χ3v) is 4.06. The summed E-state index contributed by atoms with van der Waals surface area (Å²) in [6.07, 6.45) is 2.66. The van der Waals surface area contributed by atoms with Gasteiger partial charge >= 0.3 is 12.1 Å². The van der Waals surface area contributed by atoms with Crippen LogP contribution in [-0.4, -0.2) is 30.8 Å². The molecule has 0 fully saturated rings. The van der Waals surface area contributed by atoms with Crippen molar-refractivity contribution in [2.75, 3.05) is 18.6 Å². The first-order valence-electron chi connectivity index (χ1n) is 9.00. The summed E-state index contributed by atoms with van der Waals surface area (Å²) in [4.78, 5) is 25.7. The molecule has 0 bridgehead atoms. The minimum absolute atomic E-state index is 0.0918. The number of hydrogen-bond acceptors (Lipinski definition) is 4. The molecule has 6 nitrogen and oxygen atoms in total. The molecule has 0 aliphatic heterocycles. The molecular formula is C22H25NO5. The van der Waals surface area contributed by atoms with Crippen molar-refractivity contribution in [3.8, 4) is 0 Å². The molecule has 0 unspecified atom stereocenters. The number of allylic oxidation sites excluding steroid dienone is 1.